The van der Waals surface area contributed by atoms with Gasteiger partial charge in [0.05, 0.1) is 18.6 Å². The molecular weight excluding hydrogens is 372 g/mol. The number of anilines is 1. The maximum atomic E-state index is 12.6. The third kappa shape index (κ3) is 5.45. The van der Waals surface area contributed by atoms with Gasteiger partial charge in [-0.05, 0) is 29.8 Å². The van der Waals surface area contributed by atoms with Crippen LogP contribution in [0.5, 0.6) is 5.75 Å². The molecule has 0 bridgehead atoms. The zero-order valence-electron chi connectivity index (χ0n) is 16.8. The van der Waals surface area contributed by atoms with Gasteiger partial charge in [-0.25, -0.2) is 0 Å². The smallest absolute Gasteiger partial charge is 0.269 e. The third-order valence-corrected chi connectivity index (χ3v) is 5.14. The molecule has 0 saturated carbocycles. The summed E-state index contributed by atoms with van der Waals surface area (Å²) in [5, 5.41) is 10.8. The number of nitro benzene ring substituents is 1. The number of likely N-dealkylation sites (N-methyl/N-ethyl adjacent to an activating group) is 1. The molecule has 8 heteroatoms. The van der Waals surface area contributed by atoms with Crippen LogP contribution in [-0.2, 0) is 11.3 Å². The van der Waals surface area contributed by atoms with E-state index in [-0.39, 0.29) is 11.6 Å². The number of rotatable bonds is 7. The number of piperazine rings is 1. The summed E-state index contributed by atoms with van der Waals surface area (Å²) in [6, 6.07) is 14.3. The Hall–Kier alpha value is -3.13. The highest BCUT2D eigenvalue weighted by atomic mass is 16.6. The lowest BCUT2D eigenvalue weighted by Crippen LogP contribution is -2.49. The predicted molar refractivity (Wildman–Crippen MR) is 111 cm³/mol. The van der Waals surface area contributed by atoms with Crippen molar-refractivity contribution < 1.29 is 14.5 Å². The number of carbonyl (C=O) groups is 1. The minimum atomic E-state index is -0.393. The van der Waals surface area contributed by atoms with E-state index < -0.39 is 4.92 Å². The summed E-state index contributed by atoms with van der Waals surface area (Å²) in [5.41, 5.74) is 2.09. The molecule has 2 aromatic carbocycles. The van der Waals surface area contributed by atoms with Gasteiger partial charge in [0.2, 0.25) is 5.91 Å². The third-order valence-electron chi connectivity index (χ3n) is 5.14. The zero-order chi connectivity index (χ0) is 20.8. The van der Waals surface area contributed by atoms with E-state index in [1.165, 1.54) is 12.1 Å². The Balaban J connectivity index is 1.48. The second-order valence-corrected chi connectivity index (χ2v) is 7.14. The molecular formula is C21H26N4O4. The summed E-state index contributed by atoms with van der Waals surface area (Å²) in [6.45, 7) is 4.04. The number of carbonyl (C=O) groups excluding carboxylic acids is 1. The van der Waals surface area contributed by atoms with E-state index in [4.69, 9.17) is 4.74 Å². The largest absolute Gasteiger partial charge is 0.497 e. The summed E-state index contributed by atoms with van der Waals surface area (Å²) in [6.07, 6.45) is 0. The molecule has 0 N–H and O–H groups in total. The molecule has 0 unspecified atom stereocenters. The van der Waals surface area contributed by atoms with Crippen molar-refractivity contribution in [2.75, 3.05) is 51.8 Å². The lowest BCUT2D eigenvalue weighted by atomic mass is 10.2. The summed E-state index contributed by atoms with van der Waals surface area (Å²) < 4.78 is 5.23. The van der Waals surface area contributed by atoms with Crippen LogP contribution in [0.3, 0.4) is 0 Å². The lowest BCUT2D eigenvalue weighted by Gasteiger charge is -2.36. The fourth-order valence-corrected chi connectivity index (χ4v) is 3.39. The molecule has 3 rings (SSSR count). The number of methoxy groups -OCH3 is 1. The van der Waals surface area contributed by atoms with E-state index in [0.717, 1.165) is 43.2 Å². The number of benzene rings is 2. The zero-order valence-corrected chi connectivity index (χ0v) is 16.8. The topological polar surface area (TPSA) is 79.2 Å². The van der Waals surface area contributed by atoms with Gasteiger partial charge in [-0.1, -0.05) is 12.1 Å². The molecule has 154 valence electrons. The Kier molecular flexibility index (Phi) is 6.66. The first-order valence-corrected chi connectivity index (χ1v) is 9.55. The Bertz CT molecular complexity index is 848. The molecule has 0 aromatic heterocycles. The van der Waals surface area contributed by atoms with Crippen molar-refractivity contribution in [1.29, 1.82) is 0 Å². The van der Waals surface area contributed by atoms with Crippen molar-refractivity contribution in [2.45, 2.75) is 6.54 Å². The van der Waals surface area contributed by atoms with Crippen molar-refractivity contribution in [3.05, 3.63) is 64.2 Å². The number of hydrogen-bond donors (Lipinski definition) is 0. The van der Waals surface area contributed by atoms with Crippen LogP contribution in [0.25, 0.3) is 0 Å². The highest BCUT2D eigenvalue weighted by molar-refractivity contribution is 5.78. The van der Waals surface area contributed by atoms with Crippen LogP contribution in [0.15, 0.2) is 48.5 Å². The molecule has 0 radical (unpaired) electrons. The highest BCUT2D eigenvalue weighted by Gasteiger charge is 2.21. The molecule has 2 aromatic rings. The first-order valence-electron chi connectivity index (χ1n) is 9.55. The van der Waals surface area contributed by atoms with Crippen molar-refractivity contribution in [3.63, 3.8) is 0 Å². The molecule has 1 amide bonds. The number of nitrogens with zero attached hydrogens (tertiary/aromatic N) is 4. The molecule has 1 fully saturated rings. The molecule has 1 aliphatic heterocycles. The van der Waals surface area contributed by atoms with E-state index in [1.807, 2.05) is 31.3 Å². The predicted octanol–water partition coefficient (Wildman–Crippen LogP) is 2.38. The van der Waals surface area contributed by atoms with E-state index in [1.54, 1.807) is 24.1 Å². The van der Waals surface area contributed by atoms with Crippen LogP contribution in [0, 0.1) is 10.1 Å². The SMILES string of the molecule is COc1cccc(CN(C)C(=O)CN2CCN(c3ccc([N+](=O)[O-])cc3)CC2)c1. The quantitative estimate of drug-likeness (QED) is 0.526. The van der Waals surface area contributed by atoms with Crippen molar-refractivity contribution in [1.82, 2.24) is 9.80 Å². The number of amides is 1. The fraction of sp³-hybridized carbons (Fsp3) is 0.381. The number of non-ortho nitro benzene ring substituents is 1. The van der Waals surface area contributed by atoms with Gasteiger partial charge in [-0.3, -0.25) is 19.8 Å². The highest BCUT2D eigenvalue weighted by Crippen LogP contribution is 2.20. The number of ether oxygens (including phenoxy) is 1. The first kappa shape index (κ1) is 20.6. The molecule has 8 nitrogen and oxygen atoms in total. The van der Waals surface area contributed by atoms with Gasteiger partial charge >= 0.3 is 0 Å². The van der Waals surface area contributed by atoms with Crippen molar-refractivity contribution >= 4 is 17.3 Å². The normalized spacial score (nSPS) is 14.5. The van der Waals surface area contributed by atoms with Crippen molar-refractivity contribution in [2.24, 2.45) is 0 Å². The van der Waals surface area contributed by atoms with Crippen LogP contribution in [-0.4, -0.2) is 67.5 Å². The van der Waals surface area contributed by atoms with E-state index in [2.05, 4.69) is 9.80 Å². The first-order chi connectivity index (χ1) is 14.0. The summed E-state index contributed by atoms with van der Waals surface area (Å²) in [5.74, 6) is 0.863. The average Bonchev–Trinajstić information content (AvgIpc) is 2.74. The second-order valence-electron chi connectivity index (χ2n) is 7.14. The molecule has 0 aliphatic carbocycles. The van der Waals surface area contributed by atoms with E-state index >= 15 is 0 Å². The maximum absolute atomic E-state index is 12.6. The lowest BCUT2D eigenvalue weighted by molar-refractivity contribution is -0.384. The Morgan fingerprint density at radius 2 is 1.83 bits per heavy atom. The van der Waals surface area contributed by atoms with Gasteiger partial charge < -0.3 is 14.5 Å². The van der Waals surface area contributed by atoms with Crippen molar-refractivity contribution in [3.8, 4) is 5.75 Å². The Morgan fingerprint density at radius 3 is 2.45 bits per heavy atom. The van der Waals surface area contributed by atoms with Crippen LogP contribution in [0.2, 0.25) is 0 Å². The molecule has 1 aliphatic rings. The van der Waals surface area contributed by atoms with E-state index in [9.17, 15) is 14.9 Å². The second kappa shape index (κ2) is 9.38. The van der Waals surface area contributed by atoms with Gasteiger partial charge in [0.15, 0.2) is 0 Å². The minimum Gasteiger partial charge on any atom is -0.497 e. The molecule has 0 spiro atoms. The Morgan fingerprint density at radius 1 is 1.14 bits per heavy atom. The van der Waals surface area contributed by atoms with Gasteiger partial charge in [0.1, 0.15) is 5.75 Å². The summed E-state index contributed by atoms with van der Waals surface area (Å²) >= 11 is 0. The Labute approximate surface area is 170 Å². The fourth-order valence-electron chi connectivity index (χ4n) is 3.39. The summed E-state index contributed by atoms with van der Waals surface area (Å²) in [7, 11) is 3.44. The maximum Gasteiger partial charge on any atom is 0.269 e. The average molecular weight is 398 g/mol. The van der Waals surface area contributed by atoms with Crippen LogP contribution in [0.1, 0.15) is 5.56 Å². The van der Waals surface area contributed by atoms with E-state index in [0.29, 0.717) is 13.1 Å². The molecule has 1 heterocycles. The summed E-state index contributed by atoms with van der Waals surface area (Å²) in [4.78, 5) is 29.0. The minimum absolute atomic E-state index is 0.0802. The van der Waals surface area contributed by atoms with Gasteiger partial charge in [0.25, 0.3) is 5.69 Å². The van der Waals surface area contributed by atoms with Crippen LogP contribution < -0.4 is 9.64 Å². The molecule has 0 atom stereocenters. The molecule has 1 saturated heterocycles. The monoisotopic (exact) mass is 398 g/mol. The van der Waals surface area contributed by atoms with Crippen LogP contribution in [0.4, 0.5) is 11.4 Å². The van der Waals surface area contributed by atoms with Gasteiger partial charge in [0, 0.05) is 57.6 Å². The van der Waals surface area contributed by atoms with Gasteiger partial charge in [-0.15, -0.1) is 0 Å². The standard InChI is InChI=1S/C21H26N4O4/c1-22(15-17-4-3-5-20(14-17)29-2)21(26)16-23-10-12-24(13-11-23)18-6-8-19(9-7-18)25(27)28/h3-9,14H,10-13,15-16H2,1-2H3. The van der Waals surface area contributed by atoms with Crippen LogP contribution >= 0.6 is 0 Å². The van der Waals surface area contributed by atoms with Gasteiger partial charge in [-0.2, -0.15) is 0 Å². The number of hydrogen-bond acceptors (Lipinski definition) is 6. The number of nitro groups is 1. The molecule has 29 heavy (non-hydrogen) atoms.